The van der Waals surface area contributed by atoms with Crippen LogP contribution in [0.5, 0.6) is 5.75 Å². The Morgan fingerprint density at radius 3 is 2.54 bits per heavy atom. The lowest BCUT2D eigenvalue weighted by atomic mass is 10.1. The lowest BCUT2D eigenvalue weighted by molar-refractivity contribution is 0.102. The molecule has 0 amide bonds. The van der Waals surface area contributed by atoms with Gasteiger partial charge < -0.3 is 16.6 Å². The van der Waals surface area contributed by atoms with Crippen molar-refractivity contribution in [2.75, 3.05) is 17.3 Å². The van der Waals surface area contributed by atoms with Crippen molar-refractivity contribution in [3.8, 4) is 5.75 Å². The highest BCUT2D eigenvalue weighted by atomic mass is 35.5. The summed E-state index contributed by atoms with van der Waals surface area (Å²) in [6, 6.07) is 2.71. The molecule has 0 aliphatic rings. The highest BCUT2D eigenvalue weighted by Gasteiger charge is 2.12. The fourth-order valence-corrected chi connectivity index (χ4v) is 1.08. The molecule has 13 heavy (non-hydrogen) atoms. The average Bonchev–Trinajstić information content (AvgIpc) is 2.13. The first-order valence-electron chi connectivity index (χ1n) is 3.54. The number of anilines is 2. The number of phenols is 1. The predicted molar refractivity (Wildman–Crippen MR) is 52.0 cm³/mol. The van der Waals surface area contributed by atoms with Crippen LogP contribution in [0.1, 0.15) is 10.4 Å². The van der Waals surface area contributed by atoms with Crippen LogP contribution in [0.25, 0.3) is 0 Å². The highest BCUT2D eigenvalue weighted by molar-refractivity contribution is 6.31. The number of phenolic OH excluding ortho intramolecular Hbond substituents is 1. The topological polar surface area (TPSA) is 89.3 Å². The highest BCUT2D eigenvalue weighted by Crippen LogP contribution is 2.29. The second kappa shape index (κ2) is 3.53. The molecule has 0 unspecified atom stereocenters. The molecule has 0 saturated carbocycles. The fourth-order valence-electron chi connectivity index (χ4n) is 0.940. The summed E-state index contributed by atoms with van der Waals surface area (Å²) >= 11 is 5.34. The molecule has 4 nitrogen and oxygen atoms in total. The van der Waals surface area contributed by atoms with Gasteiger partial charge in [0, 0.05) is 5.56 Å². The van der Waals surface area contributed by atoms with Gasteiger partial charge in [0.05, 0.1) is 17.3 Å². The molecule has 0 radical (unpaired) electrons. The average molecular weight is 201 g/mol. The van der Waals surface area contributed by atoms with E-state index in [0.717, 1.165) is 0 Å². The van der Waals surface area contributed by atoms with E-state index in [1.165, 1.54) is 12.1 Å². The van der Waals surface area contributed by atoms with Crippen molar-refractivity contribution in [2.45, 2.75) is 0 Å². The summed E-state index contributed by atoms with van der Waals surface area (Å²) in [5, 5.41) is 9.13. The maximum absolute atomic E-state index is 11.1. The van der Waals surface area contributed by atoms with E-state index in [-0.39, 0.29) is 34.4 Å². The monoisotopic (exact) mass is 200 g/mol. The van der Waals surface area contributed by atoms with Gasteiger partial charge in [0.15, 0.2) is 5.78 Å². The van der Waals surface area contributed by atoms with Gasteiger partial charge in [-0.3, -0.25) is 4.79 Å². The number of carbonyl (C=O) groups is 1. The van der Waals surface area contributed by atoms with Crippen molar-refractivity contribution < 1.29 is 9.90 Å². The number of benzene rings is 1. The van der Waals surface area contributed by atoms with Crippen LogP contribution in [0.15, 0.2) is 12.1 Å². The Labute approximate surface area is 80.1 Å². The molecule has 0 aromatic heterocycles. The van der Waals surface area contributed by atoms with Crippen LogP contribution in [-0.2, 0) is 0 Å². The number of rotatable bonds is 2. The summed E-state index contributed by atoms with van der Waals surface area (Å²) < 4.78 is 0. The number of hydrogen-bond acceptors (Lipinski definition) is 4. The fraction of sp³-hybridized carbons (Fsp3) is 0.125. The number of nitrogens with two attached hydrogens (primary N) is 2. The SMILES string of the molecule is Nc1c(O)ccc(C(=O)CCl)c1N. The molecule has 1 aromatic rings. The second-order valence-electron chi connectivity index (χ2n) is 2.52. The maximum Gasteiger partial charge on any atom is 0.179 e. The predicted octanol–water partition coefficient (Wildman–Crippen LogP) is 0.978. The van der Waals surface area contributed by atoms with Crippen LogP contribution in [0, 0.1) is 0 Å². The molecule has 70 valence electrons. The summed E-state index contributed by atoms with van der Waals surface area (Å²) in [6.07, 6.45) is 0. The van der Waals surface area contributed by atoms with Gasteiger partial charge in [-0.1, -0.05) is 0 Å². The lowest BCUT2D eigenvalue weighted by Gasteiger charge is -2.06. The summed E-state index contributed by atoms with van der Waals surface area (Å²) in [6.45, 7) is 0. The zero-order valence-electron chi connectivity index (χ0n) is 6.75. The summed E-state index contributed by atoms with van der Waals surface area (Å²) in [4.78, 5) is 11.1. The Balaban J connectivity index is 3.26. The quantitative estimate of drug-likeness (QED) is 0.287. The van der Waals surface area contributed by atoms with Gasteiger partial charge in [0.2, 0.25) is 0 Å². The van der Waals surface area contributed by atoms with Crippen LogP contribution in [-0.4, -0.2) is 16.8 Å². The Kier molecular flexibility index (Phi) is 2.63. The molecule has 5 N–H and O–H groups in total. The van der Waals surface area contributed by atoms with E-state index < -0.39 is 0 Å². The summed E-state index contributed by atoms with van der Waals surface area (Å²) in [5.41, 5.74) is 11.2. The van der Waals surface area contributed by atoms with Gasteiger partial charge in [0.25, 0.3) is 0 Å². The molecule has 0 heterocycles. The van der Waals surface area contributed by atoms with E-state index in [1.54, 1.807) is 0 Å². The number of ketones is 1. The Morgan fingerprint density at radius 2 is 2.00 bits per heavy atom. The van der Waals surface area contributed by atoms with Crippen molar-refractivity contribution in [2.24, 2.45) is 0 Å². The molecule has 0 aliphatic carbocycles. The van der Waals surface area contributed by atoms with Gasteiger partial charge in [-0.05, 0) is 12.1 Å². The van der Waals surface area contributed by atoms with Crippen molar-refractivity contribution in [3.63, 3.8) is 0 Å². The maximum atomic E-state index is 11.1. The molecule has 0 fully saturated rings. The van der Waals surface area contributed by atoms with Crippen LogP contribution in [0.2, 0.25) is 0 Å². The van der Waals surface area contributed by atoms with Crippen LogP contribution in [0.4, 0.5) is 11.4 Å². The molecule has 0 bridgehead atoms. The number of nitrogen functional groups attached to an aromatic ring is 2. The standard InChI is InChI=1S/C8H9ClN2O2/c9-3-6(13)4-1-2-5(12)8(11)7(4)10/h1-2,12H,3,10-11H2. The van der Waals surface area contributed by atoms with E-state index in [2.05, 4.69) is 0 Å². The van der Waals surface area contributed by atoms with E-state index in [0.29, 0.717) is 0 Å². The van der Waals surface area contributed by atoms with E-state index in [1.807, 2.05) is 0 Å². The smallest absolute Gasteiger partial charge is 0.179 e. The first-order chi connectivity index (χ1) is 6.07. The minimum Gasteiger partial charge on any atom is -0.506 e. The Bertz CT molecular complexity index is 352. The molecule has 0 spiro atoms. The number of halogens is 1. The van der Waals surface area contributed by atoms with Gasteiger partial charge in [-0.25, -0.2) is 0 Å². The Hall–Kier alpha value is -1.42. The van der Waals surface area contributed by atoms with Gasteiger partial charge in [0.1, 0.15) is 5.75 Å². The number of hydrogen-bond donors (Lipinski definition) is 3. The zero-order chi connectivity index (χ0) is 10.0. The Morgan fingerprint density at radius 1 is 1.38 bits per heavy atom. The third kappa shape index (κ3) is 1.67. The number of alkyl halides is 1. The largest absolute Gasteiger partial charge is 0.506 e. The normalized spacial score (nSPS) is 9.92. The molecule has 5 heteroatoms. The molecular formula is C8H9ClN2O2. The lowest BCUT2D eigenvalue weighted by Crippen LogP contribution is -2.07. The number of Topliss-reactive ketones (excluding diaryl/α,β-unsaturated/α-hetero) is 1. The van der Waals surface area contributed by atoms with Crippen molar-refractivity contribution >= 4 is 28.8 Å². The van der Waals surface area contributed by atoms with Crippen molar-refractivity contribution in [1.29, 1.82) is 0 Å². The minimum absolute atomic E-state index is 0.0102. The van der Waals surface area contributed by atoms with Crippen molar-refractivity contribution in [3.05, 3.63) is 17.7 Å². The van der Waals surface area contributed by atoms with Crippen molar-refractivity contribution in [1.82, 2.24) is 0 Å². The summed E-state index contributed by atoms with van der Waals surface area (Å²) in [5.74, 6) is -0.608. The first kappa shape index (κ1) is 9.67. The molecule has 1 rings (SSSR count). The third-order valence-corrected chi connectivity index (χ3v) is 1.93. The van der Waals surface area contributed by atoms with Crippen LogP contribution in [0.3, 0.4) is 0 Å². The van der Waals surface area contributed by atoms with E-state index in [9.17, 15) is 4.79 Å². The van der Waals surface area contributed by atoms with Gasteiger partial charge in [-0.15, -0.1) is 11.6 Å². The summed E-state index contributed by atoms with van der Waals surface area (Å²) in [7, 11) is 0. The second-order valence-corrected chi connectivity index (χ2v) is 2.78. The molecule has 1 aromatic carbocycles. The molecular weight excluding hydrogens is 192 g/mol. The van der Waals surface area contributed by atoms with Gasteiger partial charge in [-0.2, -0.15) is 0 Å². The van der Waals surface area contributed by atoms with E-state index in [4.69, 9.17) is 28.2 Å². The van der Waals surface area contributed by atoms with Crippen LogP contribution >= 0.6 is 11.6 Å². The number of carbonyl (C=O) groups excluding carboxylic acids is 1. The minimum atomic E-state index is -0.314. The van der Waals surface area contributed by atoms with Crippen LogP contribution < -0.4 is 11.5 Å². The molecule has 0 aliphatic heterocycles. The third-order valence-electron chi connectivity index (χ3n) is 1.69. The zero-order valence-corrected chi connectivity index (χ0v) is 7.51. The van der Waals surface area contributed by atoms with E-state index >= 15 is 0 Å². The molecule has 0 saturated heterocycles. The van der Waals surface area contributed by atoms with Gasteiger partial charge >= 0.3 is 0 Å². The molecule has 0 atom stereocenters. The number of aromatic hydroxyl groups is 1. The first-order valence-corrected chi connectivity index (χ1v) is 4.07.